The third-order valence-electron chi connectivity index (χ3n) is 1.46. The van der Waals surface area contributed by atoms with E-state index < -0.39 is 12.7 Å². The molecule has 2 heterocycles. The Morgan fingerprint density at radius 2 is 2.20 bits per heavy atom. The van der Waals surface area contributed by atoms with E-state index in [0.29, 0.717) is 10.2 Å². The second-order valence-electron chi connectivity index (χ2n) is 2.10. The van der Waals surface area contributed by atoms with Gasteiger partial charge in [0.25, 0.3) is 0 Å². The number of aromatic nitrogens is 1. The number of nitrogens with one attached hydrogen (secondary N) is 1. The molecule has 0 atom stereocenters. The molecular weight excluding hydrogens is 197 g/mol. The molecular formula is C6H5NO2Se. The van der Waals surface area contributed by atoms with Crippen molar-refractivity contribution in [2.24, 2.45) is 0 Å². The summed E-state index contributed by atoms with van der Waals surface area (Å²) in [6.45, 7) is 0. The van der Waals surface area contributed by atoms with Crippen molar-refractivity contribution in [3.8, 4) is 0 Å². The summed E-state index contributed by atoms with van der Waals surface area (Å²) in [5.41, 5.74) is 0.713. The van der Waals surface area contributed by atoms with Crippen molar-refractivity contribution in [3.05, 3.63) is 22.9 Å². The zero-order valence-corrected chi connectivity index (χ0v) is 6.75. The molecule has 52 valence electrons. The molecule has 0 saturated heterocycles. The van der Waals surface area contributed by atoms with E-state index in [0.717, 1.165) is 0 Å². The Labute approximate surface area is 59.4 Å². The predicted molar refractivity (Wildman–Crippen MR) is 36.6 cm³/mol. The molecule has 0 spiro atoms. The van der Waals surface area contributed by atoms with Gasteiger partial charge in [-0.2, -0.15) is 0 Å². The Balaban J connectivity index is 2.88. The molecule has 10 heavy (non-hydrogen) atoms. The molecule has 0 amide bonds. The Hall–Kier alpha value is -0.861. The minimum atomic E-state index is -3.79. The van der Waals surface area contributed by atoms with Gasteiger partial charge >= 0.3 is 58.8 Å². The fourth-order valence-corrected chi connectivity index (χ4v) is 3.40. The molecule has 0 unspecified atom stereocenters. The molecule has 0 fully saturated rings. The molecule has 1 aromatic heterocycles. The molecule has 0 saturated carbocycles. The van der Waals surface area contributed by atoms with Crippen LogP contribution in [0.5, 0.6) is 0 Å². The number of fused-ring (bicyclic) bond motifs is 1. The van der Waals surface area contributed by atoms with E-state index in [1.54, 1.807) is 18.3 Å². The van der Waals surface area contributed by atoms with Crippen LogP contribution in [0, 0.1) is 0 Å². The van der Waals surface area contributed by atoms with Crippen LogP contribution in [0.2, 0.25) is 0 Å². The van der Waals surface area contributed by atoms with Crippen LogP contribution in [-0.2, 0) is 7.67 Å². The van der Waals surface area contributed by atoms with Crippen LogP contribution in [0.1, 0.15) is 5.69 Å². The molecule has 1 aromatic rings. The molecule has 0 radical (unpaired) electrons. The van der Waals surface area contributed by atoms with Gasteiger partial charge in [-0.1, -0.05) is 0 Å². The second-order valence-corrected chi connectivity index (χ2v) is 5.88. The number of hydrogen-bond donors (Lipinski definition) is 1. The normalized spacial score (nSPS) is 19.2. The average Bonchev–Trinajstić information content (AvgIpc) is 2.36. The zero-order chi connectivity index (χ0) is 7.19. The van der Waals surface area contributed by atoms with Crippen LogP contribution in [0.15, 0.2) is 17.2 Å². The Bertz CT molecular complexity index is 386. The first-order chi connectivity index (χ1) is 4.70. The predicted octanol–water partition coefficient (Wildman–Crippen LogP) is 0.0909. The van der Waals surface area contributed by atoms with Gasteiger partial charge in [0.2, 0.25) is 0 Å². The molecule has 0 aromatic carbocycles. The van der Waals surface area contributed by atoms with Crippen LogP contribution >= 0.6 is 0 Å². The fourth-order valence-electron chi connectivity index (χ4n) is 0.977. The number of hydrogen-bond acceptors (Lipinski definition) is 2. The Morgan fingerprint density at radius 3 is 2.90 bits per heavy atom. The van der Waals surface area contributed by atoms with Crippen LogP contribution in [-0.4, -0.2) is 17.7 Å². The van der Waals surface area contributed by atoms with Gasteiger partial charge in [0, 0.05) is 0 Å². The first kappa shape index (κ1) is 5.89. The van der Waals surface area contributed by atoms with Crippen molar-refractivity contribution in [2.75, 3.05) is 0 Å². The first-order valence-corrected chi connectivity index (χ1v) is 6.05. The monoisotopic (exact) mass is 203 g/mol. The van der Waals surface area contributed by atoms with Crippen molar-refractivity contribution >= 4 is 23.2 Å². The topological polar surface area (TPSA) is 49.9 Å². The maximum absolute atomic E-state index is 11.1. The molecule has 0 aliphatic carbocycles. The molecule has 1 N–H and O–H groups in total. The van der Waals surface area contributed by atoms with Gasteiger partial charge < -0.3 is 0 Å². The van der Waals surface area contributed by atoms with Crippen molar-refractivity contribution in [1.82, 2.24) is 4.98 Å². The van der Waals surface area contributed by atoms with E-state index in [2.05, 4.69) is 4.98 Å². The third kappa shape index (κ3) is 0.602. The summed E-state index contributed by atoms with van der Waals surface area (Å²) < 4.78 is 22.6. The average molecular weight is 202 g/mol. The minimum absolute atomic E-state index is 0.455. The standard InChI is InChI=1S/C6H5NO2Se/c8-10(9)4-2-5-6(10)1-3-7-5/h1-4,7H. The summed E-state index contributed by atoms with van der Waals surface area (Å²) in [4.78, 5) is 4.10. The quantitative estimate of drug-likeness (QED) is 0.606. The molecule has 1 aliphatic rings. The number of rotatable bonds is 0. The van der Waals surface area contributed by atoms with E-state index in [4.69, 9.17) is 0 Å². The van der Waals surface area contributed by atoms with E-state index in [1.165, 1.54) is 4.97 Å². The maximum atomic E-state index is 11.1. The summed E-state index contributed by atoms with van der Waals surface area (Å²) in [6, 6.07) is 1.59. The van der Waals surface area contributed by atoms with Gasteiger partial charge in [-0.05, 0) is 0 Å². The van der Waals surface area contributed by atoms with Gasteiger partial charge in [0.1, 0.15) is 0 Å². The van der Waals surface area contributed by atoms with Gasteiger partial charge in [-0.3, -0.25) is 0 Å². The molecule has 3 nitrogen and oxygen atoms in total. The third-order valence-corrected chi connectivity index (χ3v) is 4.53. The van der Waals surface area contributed by atoms with E-state index in [1.807, 2.05) is 0 Å². The summed E-state index contributed by atoms with van der Waals surface area (Å²) in [5.74, 6) is 0. The number of H-pyrrole nitrogens is 1. The van der Waals surface area contributed by atoms with Crippen molar-refractivity contribution < 1.29 is 7.67 Å². The van der Waals surface area contributed by atoms with Crippen molar-refractivity contribution in [2.45, 2.75) is 0 Å². The van der Waals surface area contributed by atoms with E-state index >= 15 is 0 Å². The number of aromatic amines is 1. The second kappa shape index (κ2) is 1.59. The van der Waals surface area contributed by atoms with E-state index in [9.17, 15) is 7.67 Å². The fraction of sp³-hybridized carbons (Fsp3) is 0. The molecule has 4 heteroatoms. The SMILES string of the molecule is O=[Se]1(=O)C=Cc2[nH]ccc21. The summed E-state index contributed by atoms with van der Waals surface area (Å²) in [6.07, 6.45) is 3.23. The summed E-state index contributed by atoms with van der Waals surface area (Å²) >= 11 is -3.79. The summed E-state index contributed by atoms with van der Waals surface area (Å²) in [7, 11) is 0. The van der Waals surface area contributed by atoms with Gasteiger partial charge in [-0.25, -0.2) is 0 Å². The first-order valence-electron chi connectivity index (χ1n) is 2.81. The van der Waals surface area contributed by atoms with Crippen molar-refractivity contribution in [3.63, 3.8) is 0 Å². The zero-order valence-electron chi connectivity index (χ0n) is 5.03. The Kier molecular flexibility index (Phi) is 0.938. The molecule has 0 bridgehead atoms. The van der Waals surface area contributed by atoms with Crippen molar-refractivity contribution in [1.29, 1.82) is 0 Å². The van der Waals surface area contributed by atoms with Crippen LogP contribution in [0.4, 0.5) is 0 Å². The van der Waals surface area contributed by atoms with Gasteiger partial charge in [0.15, 0.2) is 0 Å². The van der Waals surface area contributed by atoms with Crippen LogP contribution in [0.25, 0.3) is 6.08 Å². The van der Waals surface area contributed by atoms with Crippen LogP contribution in [0.3, 0.4) is 0 Å². The van der Waals surface area contributed by atoms with E-state index in [-0.39, 0.29) is 0 Å². The van der Waals surface area contributed by atoms with Gasteiger partial charge in [-0.15, -0.1) is 0 Å². The Morgan fingerprint density at radius 1 is 1.40 bits per heavy atom. The summed E-state index contributed by atoms with van der Waals surface area (Å²) in [5, 5.41) is 0. The molecule has 2 rings (SSSR count). The van der Waals surface area contributed by atoms with Crippen LogP contribution < -0.4 is 4.46 Å². The van der Waals surface area contributed by atoms with Gasteiger partial charge in [0.05, 0.1) is 0 Å². The molecule has 1 aliphatic heterocycles.